The van der Waals surface area contributed by atoms with Crippen LogP contribution in [0.2, 0.25) is 0 Å². The van der Waals surface area contributed by atoms with Crippen LogP contribution in [0.3, 0.4) is 0 Å². The Kier molecular flexibility index (Phi) is 4.62. The van der Waals surface area contributed by atoms with E-state index in [2.05, 4.69) is 9.88 Å². The molecule has 2 heterocycles. The highest BCUT2D eigenvalue weighted by atomic mass is 16.5. The number of nitrogens with one attached hydrogen (secondary N) is 1. The minimum atomic E-state index is 0.398. The molecule has 2 fully saturated rings. The third-order valence-corrected chi connectivity index (χ3v) is 5.86. The van der Waals surface area contributed by atoms with Crippen LogP contribution in [-0.4, -0.2) is 39.8 Å². The van der Waals surface area contributed by atoms with E-state index >= 15 is 0 Å². The Morgan fingerprint density at radius 2 is 1.72 bits per heavy atom. The van der Waals surface area contributed by atoms with Crippen LogP contribution in [0.25, 0.3) is 16.9 Å². The van der Waals surface area contributed by atoms with Crippen molar-refractivity contribution in [2.24, 2.45) is 11.8 Å². The lowest BCUT2D eigenvalue weighted by molar-refractivity contribution is 0.177. The number of hydrogen-bond donors (Lipinski definition) is 1. The minimum Gasteiger partial charge on any atom is -0.497 e. The zero-order chi connectivity index (χ0) is 20.0. The van der Waals surface area contributed by atoms with Crippen molar-refractivity contribution in [2.75, 3.05) is 19.5 Å². The van der Waals surface area contributed by atoms with Gasteiger partial charge in [-0.2, -0.15) is 0 Å². The van der Waals surface area contributed by atoms with Crippen LogP contribution in [0.1, 0.15) is 37.3 Å². The predicted molar refractivity (Wildman–Crippen MR) is 112 cm³/mol. The zero-order valence-electron chi connectivity index (χ0n) is 17.2. The molecule has 0 radical (unpaired) electrons. The summed E-state index contributed by atoms with van der Waals surface area (Å²) in [5.41, 5.74) is 2.60. The number of fused-ring (bicyclic) bond motifs is 1. The van der Waals surface area contributed by atoms with E-state index < -0.39 is 0 Å². The molecule has 0 aliphatic heterocycles. The van der Waals surface area contributed by atoms with E-state index in [1.165, 1.54) is 25.7 Å². The maximum Gasteiger partial charge on any atom is 0.170 e. The monoisotopic (exact) mass is 393 g/mol. The van der Waals surface area contributed by atoms with Crippen molar-refractivity contribution >= 4 is 17.0 Å². The molecule has 5 rings (SSSR count). The van der Waals surface area contributed by atoms with Crippen LogP contribution in [0.4, 0.5) is 5.82 Å². The molecule has 0 atom stereocenters. The van der Waals surface area contributed by atoms with Crippen molar-refractivity contribution in [3.05, 3.63) is 35.9 Å². The number of methoxy groups -OCH3 is 2. The maximum absolute atomic E-state index is 5.44. The van der Waals surface area contributed by atoms with E-state index in [-0.39, 0.29) is 0 Å². The second-order valence-corrected chi connectivity index (χ2v) is 8.13. The Balaban J connectivity index is 1.62. The van der Waals surface area contributed by atoms with E-state index in [0.29, 0.717) is 12.6 Å². The average molecular weight is 393 g/mol. The highest BCUT2D eigenvalue weighted by molar-refractivity contribution is 5.85. The summed E-state index contributed by atoms with van der Waals surface area (Å²) in [4.78, 5) is 14.4. The summed E-state index contributed by atoms with van der Waals surface area (Å²) in [6.45, 7) is 2.34. The molecule has 1 N–H and O–H groups in total. The average Bonchev–Trinajstić information content (AvgIpc) is 3.64. The second-order valence-electron chi connectivity index (χ2n) is 8.13. The van der Waals surface area contributed by atoms with Gasteiger partial charge in [-0.25, -0.2) is 15.0 Å². The Morgan fingerprint density at radius 3 is 2.31 bits per heavy atom. The molecule has 0 unspecified atom stereocenters. The standard InChI is InChI=1S/C22H27N5O2/c1-13-23-21(26-19(14-4-5-14)15-6-7-15)20-22(24-13)27(18(25-20)12-28-2)16-8-10-17(29-3)11-9-16/h8-11,14-15,19H,4-7,12H2,1-3H3,(H,23,24,26). The summed E-state index contributed by atoms with van der Waals surface area (Å²) in [5.74, 6) is 4.76. The van der Waals surface area contributed by atoms with Gasteiger partial charge in [0.05, 0.1) is 7.11 Å². The fourth-order valence-electron chi connectivity index (χ4n) is 4.13. The molecule has 3 aromatic rings. The molecule has 7 heteroatoms. The molecule has 7 nitrogen and oxygen atoms in total. The summed E-state index contributed by atoms with van der Waals surface area (Å²) in [5, 5.41) is 3.75. The molecule has 2 aliphatic rings. The van der Waals surface area contributed by atoms with Gasteiger partial charge in [0.2, 0.25) is 0 Å². The fraction of sp³-hybridized carbons (Fsp3) is 0.500. The minimum absolute atomic E-state index is 0.398. The Labute approximate surface area is 170 Å². The first kappa shape index (κ1) is 18.4. The van der Waals surface area contributed by atoms with Gasteiger partial charge >= 0.3 is 0 Å². The predicted octanol–water partition coefficient (Wildman–Crippen LogP) is 3.88. The van der Waals surface area contributed by atoms with Gasteiger partial charge in [0, 0.05) is 18.8 Å². The van der Waals surface area contributed by atoms with Crippen molar-refractivity contribution in [1.29, 1.82) is 0 Å². The van der Waals surface area contributed by atoms with Gasteiger partial charge in [0.1, 0.15) is 24.0 Å². The highest BCUT2D eigenvalue weighted by Crippen LogP contribution is 2.46. The lowest BCUT2D eigenvalue weighted by Gasteiger charge is -2.18. The molecular weight excluding hydrogens is 366 g/mol. The van der Waals surface area contributed by atoms with Crippen LogP contribution in [0.15, 0.2) is 24.3 Å². The van der Waals surface area contributed by atoms with Crippen LogP contribution < -0.4 is 10.1 Å². The quantitative estimate of drug-likeness (QED) is 0.626. The van der Waals surface area contributed by atoms with E-state index in [0.717, 1.165) is 51.9 Å². The van der Waals surface area contributed by atoms with Gasteiger partial charge in [0.15, 0.2) is 17.0 Å². The fourth-order valence-corrected chi connectivity index (χ4v) is 4.13. The third-order valence-electron chi connectivity index (χ3n) is 5.86. The van der Waals surface area contributed by atoms with Gasteiger partial charge in [-0.05, 0) is 68.7 Å². The number of rotatable bonds is 8. The van der Waals surface area contributed by atoms with Gasteiger partial charge < -0.3 is 14.8 Å². The van der Waals surface area contributed by atoms with Crippen molar-refractivity contribution in [3.63, 3.8) is 0 Å². The van der Waals surface area contributed by atoms with Crippen LogP contribution in [0, 0.1) is 18.8 Å². The SMILES string of the molecule is COCc1nc2c(NC(C3CC3)C3CC3)nc(C)nc2n1-c1ccc(OC)cc1. The smallest absolute Gasteiger partial charge is 0.170 e. The number of imidazole rings is 1. The molecule has 29 heavy (non-hydrogen) atoms. The molecule has 1 aromatic carbocycles. The molecule has 152 valence electrons. The molecule has 2 saturated carbocycles. The van der Waals surface area contributed by atoms with Crippen LogP contribution >= 0.6 is 0 Å². The number of nitrogens with zero attached hydrogens (tertiary/aromatic N) is 4. The number of aryl methyl sites for hydroxylation is 1. The highest BCUT2D eigenvalue weighted by Gasteiger charge is 2.42. The zero-order valence-corrected chi connectivity index (χ0v) is 17.2. The number of ether oxygens (including phenoxy) is 2. The Morgan fingerprint density at radius 1 is 1.03 bits per heavy atom. The summed E-state index contributed by atoms with van der Waals surface area (Å²) < 4.78 is 12.8. The van der Waals surface area contributed by atoms with Crippen LogP contribution in [0.5, 0.6) is 5.75 Å². The molecule has 0 bridgehead atoms. The van der Waals surface area contributed by atoms with E-state index in [4.69, 9.17) is 24.4 Å². The Hall–Kier alpha value is -2.67. The largest absolute Gasteiger partial charge is 0.497 e. The lowest BCUT2D eigenvalue weighted by atomic mass is 10.1. The summed E-state index contributed by atoms with van der Waals surface area (Å²) in [7, 11) is 3.35. The first-order valence-corrected chi connectivity index (χ1v) is 10.3. The molecule has 2 aromatic heterocycles. The third kappa shape index (κ3) is 3.55. The first-order valence-electron chi connectivity index (χ1n) is 10.3. The summed E-state index contributed by atoms with van der Waals surface area (Å²) >= 11 is 0. The Bertz CT molecular complexity index is 1010. The van der Waals surface area contributed by atoms with Crippen molar-refractivity contribution < 1.29 is 9.47 Å². The van der Waals surface area contributed by atoms with Crippen molar-refractivity contribution in [3.8, 4) is 11.4 Å². The lowest BCUT2D eigenvalue weighted by Crippen LogP contribution is -2.25. The number of benzene rings is 1. The van der Waals surface area contributed by atoms with Gasteiger partial charge in [-0.1, -0.05) is 0 Å². The van der Waals surface area contributed by atoms with E-state index in [1.54, 1.807) is 14.2 Å². The van der Waals surface area contributed by atoms with Gasteiger partial charge in [-0.3, -0.25) is 4.57 Å². The molecular formula is C22H27N5O2. The van der Waals surface area contributed by atoms with Crippen molar-refractivity contribution in [2.45, 2.75) is 45.3 Å². The normalized spacial score (nSPS) is 16.6. The molecule has 0 spiro atoms. The summed E-state index contributed by atoms with van der Waals surface area (Å²) in [6, 6.07) is 8.42. The van der Waals surface area contributed by atoms with Crippen LogP contribution in [-0.2, 0) is 11.3 Å². The molecule has 0 saturated heterocycles. The van der Waals surface area contributed by atoms with Gasteiger partial charge in [-0.15, -0.1) is 0 Å². The maximum atomic E-state index is 5.44. The second kappa shape index (κ2) is 7.30. The molecule has 0 amide bonds. The number of anilines is 1. The topological polar surface area (TPSA) is 74.1 Å². The molecule has 2 aliphatic carbocycles. The van der Waals surface area contributed by atoms with E-state index in [1.807, 2.05) is 31.2 Å². The number of hydrogen-bond acceptors (Lipinski definition) is 6. The first-order chi connectivity index (χ1) is 14.2. The van der Waals surface area contributed by atoms with Gasteiger partial charge in [0.25, 0.3) is 0 Å². The summed E-state index contributed by atoms with van der Waals surface area (Å²) in [6.07, 6.45) is 5.26. The van der Waals surface area contributed by atoms with E-state index in [9.17, 15) is 0 Å². The van der Waals surface area contributed by atoms with Crippen molar-refractivity contribution in [1.82, 2.24) is 19.5 Å². The number of aromatic nitrogens is 4.